The number of benzene rings is 1. The van der Waals surface area contributed by atoms with Crippen LogP contribution in [0.25, 0.3) is 0 Å². The summed E-state index contributed by atoms with van der Waals surface area (Å²) in [5.74, 6) is 0.746. The van der Waals surface area contributed by atoms with E-state index >= 15 is 0 Å². The molecule has 0 aliphatic heterocycles. The summed E-state index contributed by atoms with van der Waals surface area (Å²) in [6.45, 7) is 5.52. The van der Waals surface area contributed by atoms with Crippen LogP contribution >= 0.6 is 0 Å². The van der Waals surface area contributed by atoms with Crippen LogP contribution in [0.1, 0.15) is 30.9 Å². The summed E-state index contributed by atoms with van der Waals surface area (Å²) in [4.78, 5) is 0. The maximum atomic E-state index is 3.49. The average Bonchev–Trinajstić information content (AvgIpc) is 2.07. The third-order valence-electron chi connectivity index (χ3n) is 3.02. The lowest BCUT2D eigenvalue weighted by Crippen LogP contribution is -2.37. The van der Waals surface area contributed by atoms with Crippen LogP contribution in [-0.2, 0) is 6.42 Å². The fraction of sp³-hybridized carbons (Fsp3) is 0.500. The van der Waals surface area contributed by atoms with Crippen molar-refractivity contribution in [2.45, 2.75) is 32.2 Å². The largest absolute Gasteiger partial charge is 0.314 e. The summed E-state index contributed by atoms with van der Waals surface area (Å²) < 4.78 is 0. The molecule has 2 rings (SSSR count). The molecule has 0 aromatic heterocycles. The van der Waals surface area contributed by atoms with E-state index in [1.807, 2.05) is 0 Å². The first kappa shape index (κ1) is 8.76. The van der Waals surface area contributed by atoms with Gasteiger partial charge in [-0.1, -0.05) is 31.2 Å². The quantitative estimate of drug-likeness (QED) is 0.743. The molecule has 2 unspecified atom stereocenters. The van der Waals surface area contributed by atoms with Gasteiger partial charge in [-0.25, -0.2) is 0 Å². The lowest BCUT2D eigenvalue weighted by molar-refractivity contribution is 0.434. The second-order valence-corrected chi connectivity index (χ2v) is 3.86. The number of rotatable bonds is 3. The third-order valence-corrected chi connectivity index (χ3v) is 3.02. The second kappa shape index (κ2) is 3.51. The van der Waals surface area contributed by atoms with Crippen molar-refractivity contribution in [3.05, 3.63) is 35.4 Å². The number of hydrogen-bond acceptors (Lipinski definition) is 1. The van der Waals surface area contributed by atoms with E-state index < -0.39 is 0 Å². The van der Waals surface area contributed by atoms with Crippen LogP contribution in [0.5, 0.6) is 0 Å². The van der Waals surface area contributed by atoms with E-state index in [0.29, 0.717) is 6.04 Å². The number of likely N-dealkylation sites (N-methyl/N-ethyl adjacent to an activating group) is 1. The van der Waals surface area contributed by atoms with Gasteiger partial charge in [0.1, 0.15) is 0 Å². The molecule has 0 amide bonds. The van der Waals surface area contributed by atoms with Crippen LogP contribution in [0.4, 0.5) is 0 Å². The van der Waals surface area contributed by atoms with E-state index in [4.69, 9.17) is 0 Å². The standard InChI is InChI=1S/C12H17N/c1-3-13-9(2)12-8-10-6-4-5-7-11(10)12/h4-7,9,12-13H,3,8H2,1-2H3. The van der Waals surface area contributed by atoms with Crippen LogP contribution in [0.15, 0.2) is 24.3 Å². The zero-order valence-corrected chi connectivity index (χ0v) is 8.38. The fourth-order valence-corrected chi connectivity index (χ4v) is 2.21. The van der Waals surface area contributed by atoms with Crippen molar-refractivity contribution in [2.24, 2.45) is 0 Å². The van der Waals surface area contributed by atoms with Crippen LogP contribution in [0, 0.1) is 0 Å². The van der Waals surface area contributed by atoms with Gasteiger partial charge in [0.25, 0.3) is 0 Å². The number of fused-ring (bicyclic) bond motifs is 1. The van der Waals surface area contributed by atoms with Crippen LogP contribution in [0.3, 0.4) is 0 Å². The lowest BCUT2D eigenvalue weighted by atomic mass is 9.74. The third kappa shape index (κ3) is 1.49. The Labute approximate surface area is 80.2 Å². The molecule has 1 aromatic carbocycles. The molecule has 1 N–H and O–H groups in total. The monoisotopic (exact) mass is 175 g/mol. The second-order valence-electron chi connectivity index (χ2n) is 3.86. The molecular weight excluding hydrogens is 158 g/mol. The van der Waals surface area contributed by atoms with Crippen molar-refractivity contribution in [2.75, 3.05) is 6.54 Å². The van der Waals surface area contributed by atoms with Gasteiger partial charge in [-0.3, -0.25) is 0 Å². The molecule has 0 heterocycles. The predicted molar refractivity (Wildman–Crippen MR) is 56.0 cm³/mol. The van der Waals surface area contributed by atoms with Gasteiger partial charge >= 0.3 is 0 Å². The van der Waals surface area contributed by atoms with Gasteiger partial charge in [0.05, 0.1) is 0 Å². The highest BCUT2D eigenvalue weighted by molar-refractivity contribution is 5.40. The molecule has 0 radical (unpaired) electrons. The van der Waals surface area contributed by atoms with Crippen LogP contribution in [-0.4, -0.2) is 12.6 Å². The van der Waals surface area contributed by atoms with Crippen LogP contribution < -0.4 is 5.32 Å². The summed E-state index contributed by atoms with van der Waals surface area (Å²) >= 11 is 0. The zero-order chi connectivity index (χ0) is 9.26. The van der Waals surface area contributed by atoms with E-state index in [1.165, 1.54) is 12.0 Å². The predicted octanol–water partition coefficient (Wildman–Crippen LogP) is 2.32. The normalized spacial score (nSPS) is 21.8. The molecule has 1 heteroatoms. The van der Waals surface area contributed by atoms with Gasteiger partial charge in [-0.2, -0.15) is 0 Å². The molecule has 0 fully saturated rings. The van der Waals surface area contributed by atoms with E-state index in [0.717, 1.165) is 12.5 Å². The van der Waals surface area contributed by atoms with E-state index in [-0.39, 0.29) is 0 Å². The minimum Gasteiger partial charge on any atom is -0.314 e. The maximum Gasteiger partial charge on any atom is 0.0111 e. The van der Waals surface area contributed by atoms with Gasteiger partial charge in [0.2, 0.25) is 0 Å². The molecule has 1 nitrogen and oxygen atoms in total. The average molecular weight is 175 g/mol. The molecule has 0 spiro atoms. The topological polar surface area (TPSA) is 12.0 Å². The summed E-state index contributed by atoms with van der Waals surface area (Å²) in [6.07, 6.45) is 1.25. The van der Waals surface area contributed by atoms with Gasteiger partial charge in [-0.05, 0) is 31.0 Å². The first-order valence-electron chi connectivity index (χ1n) is 5.14. The first-order chi connectivity index (χ1) is 6.33. The highest BCUT2D eigenvalue weighted by Crippen LogP contribution is 2.36. The van der Waals surface area contributed by atoms with Crippen molar-refractivity contribution in [3.63, 3.8) is 0 Å². The molecule has 0 saturated heterocycles. The fourth-order valence-electron chi connectivity index (χ4n) is 2.21. The minimum absolute atomic E-state index is 0.625. The molecule has 1 aliphatic rings. The SMILES string of the molecule is CCNC(C)C1Cc2ccccc21. The Balaban J connectivity index is 2.08. The molecule has 1 aromatic rings. The summed E-state index contributed by atoms with van der Waals surface area (Å²) in [6, 6.07) is 9.40. The van der Waals surface area contributed by atoms with Gasteiger partial charge < -0.3 is 5.32 Å². The maximum absolute atomic E-state index is 3.49. The Bertz CT molecular complexity index is 293. The van der Waals surface area contributed by atoms with Crippen molar-refractivity contribution in [1.29, 1.82) is 0 Å². The Kier molecular flexibility index (Phi) is 2.36. The molecule has 0 saturated carbocycles. The van der Waals surface area contributed by atoms with Gasteiger partial charge in [0.15, 0.2) is 0 Å². The zero-order valence-electron chi connectivity index (χ0n) is 8.38. The van der Waals surface area contributed by atoms with Gasteiger partial charge in [-0.15, -0.1) is 0 Å². The van der Waals surface area contributed by atoms with Crippen molar-refractivity contribution in [1.82, 2.24) is 5.32 Å². The molecule has 1 aliphatic carbocycles. The molecule has 0 bridgehead atoms. The van der Waals surface area contributed by atoms with Crippen molar-refractivity contribution >= 4 is 0 Å². The van der Waals surface area contributed by atoms with Crippen molar-refractivity contribution < 1.29 is 0 Å². The van der Waals surface area contributed by atoms with Crippen LogP contribution in [0.2, 0.25) is 0 Å². The van der Waals surface area contributed by atoms with E-state index in [1.54, 1.807) is 5.56 Å². The summed E-state index contributed by atoms with van der Waals surface area (Å²) in [5, 5.41) is 3.49. The number of nitrogens with one attached hydrogen (secondary N) is 1. The summed E-state index contributed by atoms with van der Waals surface area (Å²) in [5.41, 5.74) is 3.09. The molecular formula is C12H17N. The van der Waals surface area contributed by atoms with E-state index in [9.17, 15) is 0 Å². The number of hydrogen-bond donors (Lipinski definition) is 1. The molecule has 2 atom stereocenters. The Hall–Kier alpha value is -0.820. The highest BCUT2D eigenvalue weighted by atomic mass is 14.9. The Morgan fingerprint density at radius 3 is 2.92 bits per heavy atom. The first-order valence-corrected chi connectivity index (χ1v) is 5.14. The van der Waals surface area contributed by atoms with Gasteiger partial charge in [0, 0.05) is 12.0 Å². The summed E-state index contributed by atoms with van der Waals surface area (Å²) in [7, 11) is 0. The molecule has 13 heavy (non-hydrogen) atoms. The Morgan fingerprint density at radius 1 is 1.46 bits per heavy atom. The molecule has 70 valence electrons. The van der Waals surface area contributed by atoms with E-state index in [2.05, 4.69) is 43.4 Å². The van der Waals surface area contributed by atoms with Crippen molar-refractivity contribution in [3.8, 4) is 0 Å². The Morgan fingerprint density at radius 2 is 2.23 bits per heavy atom. The smallest absolute Gasteiger partial charge is 0.0111 e. The lowest BCUT2D eigenvalue weighted by Gasteiger charge is -2.35. The minimum atomic E-state index is 0.625. The highest BCUT2D eigenvalue weighted by Gasteiger charge is 2.29.